The van der Waals surface area contributed by atoms with Crippen LogP contribution in [0.4, 0.5) is 4.39 Å². The molecule has 0 saturated heterocycles. The van der Waals surface area contributed by atoms with Crippen molar-refractivity contribution in [2.24, 2.45) is 4.99 Å². The van der Waals surface area contributed by atoms with Crippen molar-refractivity contribution in [1.29, 1.82) is 5.26 Å². The maximum absolute atomic E-state index is 12.8. The monoisotopic (exact) mass is 282 g/mol. The van der Waals surface area contributed by atoms with Gasteiger partial charge >= 0.3 is 0 Å². The van der Waals surface area contributed by atoms with Crippen LogP contribution in [0.2, 0.25) is 0 Å². The first-order valence-corrected chi connectivity index (χ1v) is 5.45. The minimum absolute atomic E-state index is 0.306. The summed E-state index contributed by atoms with van der Waals surface area (Å²) in [5, 5.41) is 8.68. The summed E-state index contributed by atoms with van der Waals surface area (Å²) in [5.74, 6) is -0.374. The quantitative estimate of drug-likeness (QED) is 0.830. The Morgan fingerprint density at radius 1 is 1.69 bits per heavy atom. The molecule has 1 atom stereocenters. The molecular formula is C10H8BrFN4. The van der Waals surface area contributed by atoms with Gasteiger partial charge in [-0.05, 0) is 22.0 Å². The van der Waals surface area contributed by atoms with Crippen LogP contribution in [0, 0.1) is 17.1 Å². The van der Waals surface area contributed by atoms with Gasteiger partial charge in [-0.1, -0.05) is 0 Å². The number of pyridine rings is 1. The van der Waals surface area contributed by atoms with Crippen molar-refractivity contribution in [1.82, 2.24) is 9.88 Å². The highest BCUT2D eigenvalue weighted by Crippen LogP contribution is 2.18. The molecule has 0 fully saturated rings. The average Bonchev–Trinajstić information content (AvgIpc) is 2.70. The molecule has 2 heterocycles. The number of halogens is 2. The third-order valence-corrected chi connectivity index (χ3v) is 2.89. The van der Waals surface area contributed by atoms with Crippen molar-refractivity contribution in [3.8, 4) is 6.07 Å². The van der Waals surface area contributed by atoms with E-state index >= 15 is 0 Å². The Morgan fingerprint density at radius 3 is 3.12 bits per heavy atom. The minimum atomic E-state index is -0.374. The topological polar surface area (TPSA) is 52.3 Å². The number of aromatic nitrogens is 1. The molecule has 82 valence electrons. The fraction of sp³-hybridized carbons (Fsp3) is 0.300. The van der Waals surface area contributed by atoms with E-state index in [1.54, 1.807) is 6.34 Å². The van der Waals surface area contributed by atoms with Crippen LogP contribution in [0.15, 0.2) is 21.7 Å². The van der Waals surface area contributed by atoms with Gasteiger partial charge in [-0.15, -0.1) is 0 Å². The average molecular weight is 283 g/mol. The second-order valence-corrected chi connectivity index (χ2v) is 4.28. The summed E-state index contributed by atoms with van der Waals surface area (Å²) in [4.78, 5) is 9.86. The normalized spacial score (nSPS) is 18.8. The van der Waals surface area contributed by atoms with Crippen molar-refractivity contribution < 1.29 is 4.39 Å². The van der Waals surface area contributed by atoms with Gasteiger partial charge in [-0.25, -0.2) is 4.39 Å². The van der Waals surface area contributed by atoms with Crippen LogP contribution in [0.3, 0.4) is 0 Å². The highest BCUT2D eigenvalue weighted by molar-refractivity contribution is 9.10. The molecule has 1 unspecified atom stereocenters. The molecule has 0 aromatic carbocycles. The van der Waals surface area contributed by atoms with E-state index in [4.69, 9.17) is 5.26 Å². The van der Waals surface area contributed by atoms with E-state index in [0.29, 0.717) is 17.6 Å². The van der Waals surface area contributed by atoms with E-state index in [9.17, 15) is 4.39 Å². The van der Waals surface area contributed by atoms with Crippen LogP contribution in [0.5, 0.6) is 0 Å². The summed E-state index contributed by atoms with van der Waals surface area (Å²) in [6.07, 6.45) is 2.81. The van der Waals surface area contributed by atoms with Crippen LogP contribution in [0.1, 0.15) is 5.69 Å². The summed E-state index contributed by atoms with van der Waals surface area (Å²) < 4.78 is 13.4. The van der Waals surface area contributed by atoms with Gasteiger partial charge in [-0.2, -0.15) is 5.26 Å². The fourth-order valence-electron chi connectivity index (χ4n) is 1.42. The number of hydrogen-bond donors (Lipinski definition) is 0. The van der Waals surface area contributed by atoms with Gasteiger partial charge in [0.05, 0.1) is 37.4 Å². The third-order valence-electron chi connectivity index (χ3n) is 2.20. The number of rotatable bonds is 2. The molecule has 0 amide bonds. The first kappa shape index (κ1) is 11.0. The zero-order valence-corrected chi connectivity index (χ0v) is 9.85. The van der Waals surface area contributed by atoms with E-state index < -0.39 is 0 Å². The Balaban J connectivity index is 2.06. The van der Waals surface area contributed by atoms with Crippen LogP contribution < -0.4 is 0 Å². The number of aliphatic imine (C=N–C) groups is 1. The summed E-state index contributed by atoms with van der Waals surface area (Å²) in [5.41, 5.74) is 0.728. The zero-order chi connectivity index (χ0) is 11.5. The predicted molar refractivity (Wildman–Crippen MR) is 60.2 cm³/mol. The highest BCUT2D eigenvalue weighted by atomic mass is 79.9. The van der Waals surface area contributed by atoms with E-state index in [-0.39, 0.29) is 11.9 Å². The lowest BCUT2D eigenvalue weighted by Gasteiger charge is -2.14. The molecule has 0 saturated carbocycles. The first-order chi connectivity index (χ1) is 7.69. The molecule has 0 spiro atoms. The summed E-state index contributed by atoms with van der Waals surface area (Å²) in [6.45, 7) is 1.07. The van der Waals surface area contributed by atoms with Crippen LogP contribution in [0.25, 0.3) is 0 Å². The van der Waals surface area contributed by atoms with E-state index in [2.05, 4.69) is 32.0 Å². The highest BCUT2D eigenvalue weighted by Gasteiger charge is 2.17. The SMILES string of the molecule is N#CC1CN(Cc2ncc(F)cc2Br)C=N1. The Labute approximate surface area is 101 Å². The van der Waals surface area contributed by atoms with E-state index in [0.717, 1.165) is 5.69 Å². The molecule has 0 aliphatic carbocycles. The van der Waals surface area contributed by atoms with Gasteiger partial charge in [0.25, 0.3) is 0 Å². The largest absolute Gasteiger partial charge is 0.354 e. The molecule has 2 rings (SSSR count). The van der Waals surface area contributed by atoms with Crippen molar-refractivity contribution in [3.63, 3.8) is 0 Å². The molecule has 4 nitrogen and oxygen atoms in total. The van der Waals surface area contributed by atoms with E-state index in [1.165, 1.54) is 12.3 Å². The molecule has 16 heavy (non-hydrogen) atoms. The van der Waals surface area contributed by atoms with Crippen molar-refractivity contribution in [2.75, 3.05) is 6.54 Å². The molecule has 0 radical (unpaired) electrons. The summed E-state index contributed by atoms with van der Waals surface area (Å²) in [6, 6.07) is 3.14. The lowest BCUT2D eigenvalue weighted by atomic mass is 10.3. The maximum Gasteiger partial charge on any atom is 0.155 e. The fourth-order valence-corrected chi connectivity index (χ4v) is 1.87. The standard InChI is InChI=1S/C10H8BrFN4/c11-9-1-7(12)3-14-10(9)5-16-4-8(2-13)15-6-16/h1,3,6,8H,4-5H2. The molecule has 1 aliphatic heterocycles. The van der Waals surface area contributed by atoms with Gasteiger partial charge in [0.15, 0.2) is 6.04 Å². The molecule has 1 aliphatic rings. The van der Waals surface area contributed by atoms with Crippen LogP contribution in [-0.4, -0.2) is 28.8 Å². The van der Waals surface area contributed by atoms with Crippen molar-refractivity contribution >= 4 is 22.3 Å². The third kappa shape index (κ3) is 2.36. The van der Waals surface area contributed by atoms with Crippen molar-refractivity contribution in [3.05, 3.63) is 28.2 Å². The summed E-state index contributed by atoms with van der Waals surface area (Å²) in [7, 11) is 0. The molecule has 0 bridgehead atoms. The molecule has 6 heteroatoms. The van der Waals surface area contributed by atoms with Crippen LogP contribution >= 0.6 is 15.9 Å². The smallest absolute Gasteiger partial charge is 0.155 e. The number of nitriles is 1. The first-order valence-electron chi connectivity index (χ1n) is 4.66. The van der Waals surface area contributed by atoms with Gasteiger partial charge < -0.3 is 4.90 Å². The second-order valence-electron chi connectivity index (χ2n) is 3.42. The lowest BCUT2D eigenvalue weighted by Crippen LogP contribution is -2.23. The van der Waals surface area contributed by atoms with Crippen molar-refractivity contribution in [2.45, 2.75) is 12.6 Å². The summed E-state index contributed by atoms with van der Waals surface area (Å²) >= 11 is 3.25. The Morgan fingerprint density at radius 2 is 2.50 bits per heavy atom. The minimum Gasteiger partial charge on any atom is -0.354 e. The zero-order valence-electron chi connectivity index (χ0n) is 8.27. The second kappa shape index (κ2) is 4.58. The van der Waals surface area contributed by atoms with Gasteiger partial charge in [0, 0.05) is 4.47 Å². The van der Waals surface area contributed by atoms with Gasteiger partial charge in [-0.3, -0.25) is 9.98 Å². The van der Waals surface area contributed by atoms with Gasteiger partial charge in [0.2, 0.25) is 0 Å². The number of hydrogen-bond acceptors (Lipinski definition) is 4. The van der Waals surface area contributed by atoms with Gasteiger partial charge in [0.1, 0.15) is 5.82 Å². The Bertz CT molecular complexity index is 468. The van der Waals surface area contributed by atoms with E-state index in [1.807, 2.05) is 4.90 Å². The molecule has 0 N–H and O–H groups in total. The molecular weight excluding hydrogens is 275 g/mol. The Kier molecular flexibility index (Phi) is 3.15. The molecule has 1 aromatic heterocycles. The number of nitrogens with zero attached hydrogens (tertiary/aromatic N) is 4. The maximum atomic E-state index is 12.8. The Hall–Kier alpha value is -1.48. The van der Waals surface area contributed by atoms with Crippen LogP contribution in [-0.2, 0) is 6.54 Å². The molecule has 1 aromatic rings. The lowest BCUT2D eigenvalue weighted by molar-refractivity contribution is 0.438. The predicted octanol–water partition coefficient (Wildman–Crippen LogP) is 1.72.